The van der Waals surface area contributed by atoms with E-state index >= 15 is 0 Å². The van der Waals surface area contributed by atoms with E-state index in [4.69, 9.17) is 0 Å². The number of nitrogens with one attached hydrogen (secondary N) is 3. The molecular formula is C18H31F3N6O. The van der Waals surface area contributed by atoms with Gasteiger partial charge in [-0.3, -0.25) is 4.99 Å². The Balaban J connectivity index is 2.52. The molecule has 0 amide bonds. The molecule has 28 heavy (non-hydrogen) atoms. The molecule has 0 bridgehead atoms. The number of halogens is 3. The average molecular weight is 404 g/mol. The van der Waals surface area contributed by atoms with Gasteiger partial charge in [-0.1, -0.05) is 13.8 Å². The van der Waals surface area contributed by atoms with Crippen LogP contribution in [0.5, 0.6) is 0 Å². The van der Waals surface area contributed by atoms with Gasteiger partial charge in [0.2, 0.25) is 5.95 Å². The van der Waals surface area contributed by atoms with Crippen LogP contribution in [0.1, 0.15) is 39.3 Å². The molecule has 0 aliphatic rings. The lowest BCUT2D eigenvalue weighted by atomic mass is 9.94. The number of guanidine groups is 1. The molecule has 1 aromatic rings. The fraction of sp³-hybridized carbons (Fsp3) is 0.722. The molecule has 0 spiro atoms. The van der Waals surface area contributed by atoms with Crippen molar-refractivity contribution in [2.45, 2.75) is 39.8 Å². The van der Waals surface area contributed by atoms with Crippen molar-refractivity contribution in [3.05, 3.63) is 18.0 Å². The molecule has 1 aromatic heterocycles. The van der Waals surface area contributed by atoms with Crippen molar-refractivity contribution >= 4 is 11.9 Å². The van der Waals surface area contributed by atoms with Crippen LogP contribution in [0.3, 0.4) is 0 Å². The van der Waals surface area contributed by atoms with E-state index < -0.39 is 11.9 Å². The van der Waals surface area contributed by atoms with Gasteiger partial charge in [-0.05, 0) is 37.7 Å². The van der Waals surface area contributed by atoms with E-state index in [1.807, 2.05) is 6.92 Å². The van der Waals surface area contributed by atoms with Gasteiger partial charge in [-0.15, -0.1) is 0 Å². The fourth-order valence-electron chi connectivity index (χ4n) is 2.65. The number of aromatic nitrogens is 2. The molecule has 0 saturated carbocycles. The van der Waals surface area contributed by atoms with E-state index in [1.165, 1.54) is 0 Å². The maximum atomic E-state index is 12.7. The first kappa shape index (κ1) is 23.9. The van der Waals surface area contributed by atoms with Gasteiger partial charge >= 0.3 is 6.18 Å². The third-order valence-corrected chi connectivity index (χ3v) is 3.84. The summed E-state index contributed by atoms with van der Waals surface area (Å²) >= 11 is 0. The SMILES string of the molecule is CCNC(=NCC(CCO)CC(C)C)NCCNc1nccc(C(F)(F)F)n1. The van der Waals surface area contributed by atoms with Crippen molar-refractivity contribution in [3.8, 4) is 0 Å². The summed E-state index contributed by atoms with van der Waals surface area (Å²) in [4.78, 5) is 11.8. The third-order valence-electron chi connectivity index (χ3n) is 3.84. The van der Waals surface area contributed by atoms with Crippen LogP contribution in [0.25, 0.3) is 0 Å². The number of alkyl halides is 3. The standard InChI is InChI=1S/C18H31F3N6O/c1-4-22-16(26-12-14(6-10-28)11-13(2)3)24-8-9-25-17-23-7-5-15(27-17)18(19,20)21/h5,7,13-14,28H,4,6,8-12H2,1-3H3,(H2,22,24,26)(H,23,25,27). The zero-order chi connectivity index (χ0) is 21.0. The molecule has 1 rings (SSSR count). The number of nitrogens with zero attached hydrogens (tertiary/aromatic N) is 3. The highest BCUT2D eigenvalue weighted by molar-refractivity contribution is 5.79. The van der Waals surface area contributed by atoms with E-state index in [2.05, 4.69) is 44.8 Å². The molecule has 0 aliphatic heterocycles. The van der Waals surface area contributed by atoms with Crippen LogP contribution >= 0.6 is 0 Å². The topological polar surface area (TPSA) is 94.5 Å². The summed E-state index contributed by atoms with van der Waals surface area (Å²) in [5.41, 5.74) is -0.979. The van der Waals surface area contributed by atoms with E-state index in [9.17, 15) is 18.3 Å². The summed E-state index contributed by atoms with van der Waals surface area (Å²) in [6.45, 7) is 8.41. The van der Waals surface area contributed by atoms with E-state index in [0.29, 0.717) is 50.4 Å². The average Bonchev–Trinajstić information content (AvgIpc) is 2.62. The second kappa shape index (κ2) is 12.4. The molecule has 0 aromatic carbocycles. The quantitative estimate of drug-likeness (QED) is 0.257. The Kier molecular flexibility index (Phi) is 10.6. The summed E-state index contributed by atoms with van der Waals surface area (Å²) in [5, 5.41) is 18.2. The van der Waals surface area contributed by atoms with Gasteiger partial charge in [0.1, 0.15) is 5.69 Å². The first-order valence-electron chi connectivity index (χ1n) is 9.53. The number of aliphatic hydroxyl groups is 1. The number of hydrogen-bond donors (Lipinski definition) is 4. The van der Waals surface area contributed by atoms with Crippen molar-refractivity contribution in [2.24, 2.45) is 16.8 Å². The monoisotopic (exact) mass is 404 g/mol. The van der Waals surface area contributed by atoms with Gasteiger partial charge in [0, 0.05) is 39.0 Å². The van der Waals surface area contributed by atoms with Crippen molar-refractivity contribution in [2.75, 3.05) is 38.1 Å². The minimum Gasteiger partial charge on any atom is -0.396 e. The smallest absolute Gasteiger partial charge is 0.396 e. The highest BCUT2D eigenvalue weighted by atomic mass is 19.4. The molecule has 4 N–H and O–H groups in total. The Hall–Kier alpha value is -2.10. The van der Waals surface area contributed by atoms with Crippen LogP contribution in [0.15, 0.2) is 17.3 Å². The van der Waals surface area contributed by atoms with Crippen molar-refractivity contribution in [1.29, 1.82) is 0 Å². The predicted octanol–water partition coefficient (Wildman–Crippen LogP) is 2.51. The Bertz CT molecular complexity index is 595. The lowest BCUT2D eigenvalue weighted by Crippen LogP contribution is -2.40. The Morgan fingerprint density at radius 2 is 2.00 bits per heavy atom. The highest BCUT2D eigenvalue weighted by Gasteiger charge is 2.32. The lowest BCUT2D eigenvalue weighted by Gasteiger charge is -2.17. The van der Waals surface area contributed by atoms with Crippen LogP contribution in [0, 0.1) is 11.8 Å². The highest BCUT2D eigenvalue weighted by Crippen LogP contribution is 2.27. The molecule has 1 unspecified atom stereocenters. The van der Waals surface area contributed by atoms with Crippen molar-refractivity contribution in [3.63, 3.8) is 0 Å². The van der Waals surface area contributed by atoms with Crippen LogP contribution in [-0.4, -0.2) is 53.8 Å². The summed E-state index contributed by atoms with van der Waals surface area (Å²) in [6, 6.07) is 0.833. The van der Waals surface area contributed by atoms with Gasteiger partial charge in [0.05, 0.1) is 0 Å². The van der Waals surface area contributed by atoms with E-state index in [0.717, 1.165) is 18.7 Å². The second-order valence-corrected chi connectivity index (χ2v) is 6.84. The summed E-state index contributed by atoms with van der Waals surface area (Å²) in [7, 11) is 0. The molecule has 160 valence electrons. The number of rotatable bonds is 11. The van der Waals surface area contributed by atoms with Gasteiger partial charge in [0.15, 0.2) is 5.96 Å². The third kappa shape index (κ3) is 9.72. The molecule has 1 atom stereocenters. The summed E-state index contributed by atoms with van der Waals surface area (Å²) < 4.78 is 38.0. The Labute approximate surface area is 164 Å². The minimum absolute atomic E-state index is 0.0708. The summed E-state index contributed by atoms with van der Waals surface area (Å²) in [6.07, 6.45) is -1.73. The van der Waals surface area contributed by atoms with E-state index in [1.54, 1.807) is 0 Å². The number of anilines is 1. The van der Waals surface area contributed by atoms with Crippen molar-refractivity contribution < 1.29 is 18.3 Å². The largest absolute Gasteiger partial charge is 0.433 e. The molecule has 10 heteroatoms. The first-order valence-corrected chi connectivity index (χ1v) is 9.53. The normalized spacial score (nSPS) is 13.5. The fourth-order valence-corrected chi connectivity index (χ4v) is 2.65. The van der Waals surface area contributed by atoms with Crippen LogP contribution < -0.4 is 16.0 Å². The number of aliphatic imine (C=N–C) groups is 1. The van der Waals surface area contributed by atoms with Gasteiger partial charge < -0.3 is 21.1 Å². The molecule has 1 heterocycles. The Morgan fingerprint density at radius 1 is 1.25 bits per heavy atom. The minimum atomic E-state index is -4.50. The molecule has 0 aliphatic carbocycles. The number of aliphatic hydroxyl groups excluding tert-OH is 1. The molecule has 0 saturated heterocycles. The molecule has 0 radical (unpaired) electrons. The maximum absolute atomic E-state index is 12.7. The number of hydrogen-bond acceptors (Lipinski definition) is 5. The molecule has 0 fully saturated rings. The zero-order valence-corrected chi connectivity index (χ0v) is 16.7. The molecule has 7 nitrogen and oxygen atoms in total. The van der Waals surface area contributed by atoms with Gasteiger partial charge in [-0.25, -0.2) is 9.97 Å². The predicted molar refractivity (Wildman–Crippen MR) is 104 cm³/mol. The zero-order valence-electron chi connectivity index (χ0n) is 16.7. The molecular weight excluding hydrogens is 373 g/mol. The first-order chi connectivity index (χ1) is 13.3. The van der Waals surface area contributed by atoms with Gasteiger partial charge in [-0.2, -0.15) is 13.2 Å². The summed E-state index contributed by atoms with van der Waals surface area (Å²) in [5.74, 6) is 1.38. The van der Waals surface area contributed by atoms with E-state index in [-0.39, 0.29) is 12.6 Å². The van der Waals surface area contributed by atoms with Crippen LogP contribution in [0.2, 0.25) is 0 Å². The second-order valence-electron chi connectivity index (χ2n) is 6.84. The van der Waals surface area contributed by atoms with Crippen LogP contribution in [0.4, 0.5) is 19.1 Å². The van der Waals surface area contributed by atoms with Crippen LogP contribution in [-0.2, 0) is 6.18 Å². The Morgan fingerprint density at radius 3 is 2.61 bits per heavy atom. The maximum Gasteiger partial charge on any atom is 0.433 e. The van der Waals surface area contributed by atoms with Crippen molar-refractivity contribution in [1.82, 2.24) is 20.6 Å². The van der Waals surface area contributed by atoms with Gasteiger partial charge in [0.25, 0.3) is 0 Å². The lowest BCUT2D eigenvalue weighted by molar-refractivity contribution is -0.141.